The highest BCUT2D eigenvalue weighted by atomic mass is 32.2. The number of carbonyl (C=O) groups is 1. The molecular weight excluding hydrogens is 372 g/mol. The molecule has 1 aromatic carbocycles. The van der Waals surface area contributed by atoms with Crippen LogP contribution in [0.15, 0.2) is 36.9 Å². The van der Waals surface area contributed by atoms with E-state index in [1.165, 1.54) is 17.1 Å². The monoisotopic (exact) mass is 400 g/mol. The molecule has 0 bridgehead atoms. The molecule has 0 saturated carbocycles. The number of benzene rings is 1. The Labute approximate surface area is 170 Å². The fraction of sp³-hybridized carbons (Fsp3) is 0.550. The quantitative estimate of drug-likeness (QED) is 0.801. The zero-order chi connectivity index (χ0) is 19.2. The van der Waals surface area contributed by atoms with Gasteiger partial charge in [-0.05, 0) is 30.5 Å². The Morgan fingerprint density at radius 2 is 1.96 bits per heavy atom. The molecule has 28 heavy (non-hydrogen) atoms. The fourth-order valence-electron chi connectivity index (χ4n) is 3.92. The molecule has 1 aromatic heterocycles. The van der Waals surface area contributed by atoms with Crippen molar-refractivity contribution in [3.05, 3.63) is 42.5 Å². The number of rotatable bonds is 6. The van der Waals surface area contributed by atoms with E-state index in [1.54, 1.807) is 12.7 Å². The van der Waals surface area contributed by atoms with Crippen LogP contribution in [0.25, 0.3) is 0 Å². The first-order valence-corrected chi connectivity index (χ1v) is 11.2. The van der Waals surface area contributed by atoms with Gasteiger partial charge in [0, 0.05) is 49.9 Å². The first-order chi connectivity index (χ1) is 13.8. The van der Waals surface area contributed by atoms with Crippen molar-refractivity contribution in [2.45, 2.75) is 25.4 Å². The standard InChI is InChI=1S/C20H28N6OS/c27-20(14-24-6-4-19(5-7-24)26-16-21-15-22-26)23-18-3-1-2-17(12-18)13-25-8-10-28-11-9-25/h1-3,12,15-16,19H,4-11,13-14H2,(H,23,27). The Bertz CT molecular complexity index is 754. The molecule has 0 aliphatic carbocycles. The molecule has 2 saturated heterocycles. The van der Waals surface area contributed by atoms with Crippen molar-refractivity contribution < 1.29 is 4.79 Å². The predicted octanol–water partition coefficient (Wildman–Crippen LogP) is 2.10. The second-order valence-corrected chi connectivity index (χ2v) is 8.74. The second-order valence-electron chi connectivity index (χ2n) is 7.52. The van der Waals surface area contributed by atoms with E-state index in [-0.39, 0.29) is 5.91 Å². The number of likely N-dealkylation sites (tertiary alicyclic amines) is 1. The van der Waals surface area contributed by atoms with Gasteiger partial charge in [0.05, 0.1) is 12.6 Å². The third-order valence-electron chi connectivity index (χ3n) is 5.46. The van der Waals surface area contributed by atoms with Crippen molar-refractivity contribution in [1.82, 2.24) is 24.6 Å². The van der Waals surface area contributed by atoms with Crippen molar-refractivity contribution in [3.63, 3.8) is 0 Å². The minimum absolute atomic E-state index is 0.0609. The van der Waals surface area contributed by atoms with Gasteiger partial charge in [0.1, 0.15) is 12.7 Å². The van der Waals surface area contributed by atoms with E-state index >= 15 is 0 Å². The Kier molecular flexibility index (Phi) is 6.61. The molecule has 2 aliphatic rings. The van der Waals surface area contributed by atoms with Gasteiger partial charge in [0.25, 0.3) is 0 Å². The summed E-state index contributed by atoms with van der Waals surface area (Å²) in [4.78, 5) is 21.2. The molecule has 4 rings (SSSR count). The molecule has 0 spiro atoms. The number of hydrogen-bond donors (Lipinski definition) is 1. The predicted molar refractivity (Wildman–Crippen MR) is 112 cm³/mol. The van der Waals surface area contributed by atoms with Gasteiger partial charge < -0.3 is 5.32 Å². The highest BCUT2D eigenvalue weighted by molar-refractivity contribution is 7.99. The summed E-state index contributed by atoms with van der Waals surface area (Å²) in [5.74, 6) is 2.49. The molecule has 150 valence electrons. The summed E-state index contributed by atoms with van der Waals surface area (Å²) in [6.07, 6.45) is 5.36. The molecule has 0 unspecified atom stereocenters. The highest BCUT2D eigenvalue weighted by Gasteiger charge is 2.22. The van der Waals surface area contributed by atoms with E-state index < -0.39 is 0 Å². The van der Waals surface area contributed by atoms with Gasteiger partial charge in [-0.15, -0.1) is 0 Å². The van der Waals surface area contributed by atoms with E-state index in [0.29, 0.717) is 12.6 Å². The first kappa shape index (κ1) is 19.4. The van der Waals surface area contributed by atoms with Crippen molar-refractivity contribution in [1.29, 1.82) is 0 Å². The lowest BCUT2D eigenvalue weighted by molar-refractivity contribution is -0.117. The summed E-state index contributed by atoms with van der Waals surface area (Å²) < 4.78 is 1.93. The Balaban J connectivity index is 1.24. The lowest BCUT2D eigenvalue weighted by atomic mass is 10.1. The van der Waals surface area contributed by atoms with Crippen molar-refractivity contribution in [2.75, 3.05) is 49.5 Å². The number of thioether (sulfide) groups is 1. The van der Waals surface area contributed by atoms with Gasteiger partial charge in [-0.1, -0.05) is 12.1 Å². The molecule has 7 nitrogen and oxygen atoms in total. The van der Waals surface area contributed by atoms with Gasteiger partial charge in [0.2, 0.25) is 5.91 Å². The fourth-order valence-corrected chi connectivity index (χ4v) is 4.90. The van der Waals surface area contributed by atoms with Crippen LogP contribution >= 0.6 is 11.8 Å². The van der Waals surface area contributed by atoms with Crippen LogP contribution in [-0.2, 0) is 11.3 Å². The maximum absolute atomic E-state index is 12.5. The molecule has 0 atom stereocenters. The number of carbonyl (C=O) groups excluding carboxylic acids is 1. The third kappa shape index (κ3) is 5.33. The maximum Gasteiger partial charge on any atom is 0.238 e. The first-order valence-electron chi connectivity index (χ1n) is 10.0. The zero-order valence-electron chi connectivity index (χ0n) is 16.2. The van der Waals surface area contributed by atoms with Crippen LogP contribution in [0.1, 0.15) is 24.4 Å². The van der Waals surface area contributed by atoms with Gasteiger partial charge in [-0.25, -0.2) is 9.67 Å². The molecule has 1 amide bonds. The molecule has 0 radical (unpaired) electrons. The van der Waals surface area contributed by atoms with Crippen LogP contribution < -0.4 is 5.32 Å². The van der Waals surface area contributed by atoms with E-state index in [0.717, 1.165) is 51.3 Å². The summed E-state index contributed by atoms with van der Waals surface area (Å²) in [6.45, 7) is 5.51. The van der Waals surface area contributed by atoms with E-state index in [9.17, 15) is 4.79 Å². The van der Waals surface area contributed by atoms with Crippen molar-refractivity contribution in [3.8, 4) is 0 Å². The smallest absolute Gasteiger partial charge is 0.238 e. The molecule has 2 aliphatic heterocycles. The molecule has 1 N–H and O–H groups in total. The van der Waals surface area contributed by atoms with Crippen molar-refractivity contribution >= 4 is 23.4 Å². The minimum Gasteiger partial charge on any atom is -0.325 e. The Morgan fingerprint density at radius 3 is 2.71 bits per heavy atom. The Hall–Kier alpha value is -1.90. The van der Waals surface area contributed by atoms with E-state index in [2.05, 4.69) is 37.3 Å². The molecule has 3 heterocycles. The van der Waals surface area contributed by atoms with Gasteiger partial charge in [-0.2, -0.15) is 16.9 Å². The van der Waals surface area contributed by atoms with E-state index in [1.807, 2.05) is 28.6 Å². The molecule has 8 heteroatoms. The zero-order valence-corrected chi connectivity index (χ0v) is 17.0. The van der Waals surface area contributed by atoms with Crippen LogP contribution in [0.4, 0.5) is 5.69 Å². The summed E-state index contributed by atoms with van der Waals surface area (Å²) in [5.41, 5.74) is 2.16. The SMILES string of the molecule is O=C(CN1CCC(n2cncn2)CC1)Nc1cccc(CN2CCSCC2)c1. The Morgan fingerprint density at radius 1 is 1.14 bits per heavy atom. The minimum atomic E-state index is 0.0609. The summed E-state index contributed by atoms with van der Waals surface area (Å²) in [5, 5.41) is 7.31. The van der Waals surface area contributed by atoms with Gasteiger partial charge >= 0.3 is 0 Å². The van der Waals surface area contributed by atoms with E-state index in [4.69, 9.17) is 0 Å². The molecular formula is C20H28N6OS. The number of nitrogens with zero attached hydrogens (tertiary/aromatic N) is 5. The summed E-state index contributed by atoms with van der Waals surface area (Å²) >= 11 is 2.03. The van der Waals surface area contributed by atoms with Crippen LogP contribution in [-0.4, -0.2) is 74.7 Å². The number of piperidine rings is 1. The maximum atomic E-state index is 12.5. The lowest BCUT2D eigenvalue weighted by Crippen LogP contribution is -2.39. The molecule has 2 aromatic rings. The largest absolute Gasteiger partial charge is 0.325 e. The van der Waals surface area contributed by atoms with Crippen LogP contribution in [0, 0.1) is 0 Å². The average Bonchev–Trinajstić information content (AvgIpc) is 3.24. The van der Waals surface area contributed by atoms with Gasteiger partial charge in [-0.3, -0.25) is 14.6 Å². The van der Waals surface area contributed by atoms with Crippen LogP contribution in [0.2, 0.25) is 0 Å². The number of amides is 1. The van der Waals surface area contributed by atoms with Crippen LogP contribution in [0.3, 0.4) is 0 Å². The number of anilines is 1. The normalized spacial score (nSPS) is 19.6. The highest BCUT2D eigenvalue weighted by Crippen LogP contribution is 2.21. The second kappa shape index (κ2) is 9.54. The lowest BCUT2D eigenvalue weighted by Gasteiger charge is -2.31. The van der Waals surface area contributed by atoms with Crippen molar-refractivity contribution in [2.24, 2.45) is 0 Å². The number of aromatic nitrogens is 3. The topological polar surface area (TPSA) is 66.3 Å². The van der Waals surface area contributed by atoms with Gasteiger partial charge in [0.15, 0.2) is 0 Å². The number of nitrogens with one attached hydrogen (secondary N) is 1. The molecule has 2 fully saturated rings. The van der Waals surface area contributed by atoms with Crippen LogP contribution in [0.5, 0.6) is 0 Å². The number of hydrogen-bond acceptors (Lipinski definition) is 6. The summed E-state index contributed by atoms with van der Waals surface area (Å²) in [7, 11) is 0. The summed E-state index contributed by atoms with van der Waals surface area (Å²) in [6, 6.07) is 8.66. The third-order valence-corrected chi connectivity index (χ3v) is 6.40. The average molecular weight is 401 g/mol.